The van der Waals surface area contributed by atoms with Crippen LogP contribution in [0.25, 0.3) is 0 Å². The van der Waals surface area contributed by atoms with E-state index in [4.69, 9.17) is 18.5 Å². The van der Waals surface area contributed by atoms with Gasteiger partial charge in [0.15, 0.2) is 0 Å². The molecule has 0 aliphatic carbocycles. The van der Waals surface area contributed by atoms with E-state index in [-0.39, 0.29) is 25.8 Å². The SMILES string of the molecule is CC/C=C\C/C=C\C/C=C\CCCCCCCCCCOCC(COP(=O)(O)OCC[N+](C)(C)C)OC(=O)CCCCCCCC. The molecule has 2 atom stereocenters. The lowest BCUT2D eigenvalue weighted by molar-refractivity contribution is -0.870. The average molecular weight is 673 g/mol. The van der Waals surface area contributed by atoms with Gasteiger partial charge in [-0.1, -0.05) is 121 Å². The second kappa shape index (κ2) is 31.0. The predicted octanol–water partition coefficient (Wildman–Crippen LogP) is 9.87. The van der Waals surface area contributed by atoms with E-state index < -0.39 is 13.9 Å². The Kier molecular flexibility index (Phi) is 30.2. The first-order valence-corrected chi connectivity index (χ1v) is 19.7. The molecule has 0 spiro atoms. The molecule has 1 N–H and O–H groups in total. The van der Waals surface area contributed by atoms with Gasteiger partial charge in [0, 0.05) is 13.0 Å². The highest BCUT2D eigenvalue weighted by molar-refractivity contribution is 7.47. The normalized spacial score (nSPS) is 14.5. The molecule has 0 aromatic rings. The molecular weight excluding hydrogens is 601 g/mol. The van der Waals surface area contributed by atoms with Gasteiger partial charge in [-0.25, -0.2) is 4.57 Å². The lowest BCUT2D eigenvalue weighted by Gasteiger charge is -2.24. The molecule has 0 aliphatic rings. The summed E-state index contributed by atoms with van der Waals surface area (Å²) in [5.74, 6) is -0.328. The molecule has 0 radical (unpaired) electrons. The van der Waals surface area contributed by atoms with Crippen molar-refractivity contribution in [1.29, 1.82) is 0 Å². The van der Waals surface area contributed by atoms with Gasteiger partial charge >= 0.3 is 13.8 Å². The van der Waals surface area contributed by atoms with Gasteiger partial charge in [-0.15, -0.1) is 0 Å². The molecule has 0 aromatic heterocycles. The smallest absolute Gasteiger partial charge is 0.457 e. The Morgan fingerprint density at radius 1 is 0.696 bits per heavy atom. The summed E-state index contributed by atoms with van der Waals surface area (Å²) in [5.41, 5.74) is 0. The van der Waals surface area contributed by atoms with Crippen LogP contribution < -0.4 is 0 Å². The van der Waals surface area contributed by atoms with Gasteiger partial charge in [-0.3, -0.25) is 13.8 Å². The second-order valence-electron chi connectivity index (χ2n) is 13.2. The first-order valence-electron chi connectivity index (χ1n) is 18.2. The lowest BCUT2D eigenvalue weighted by atomic mass is 10.1. The van der Waals surface area contributed by atoms with E-state index in [0.29, 0.717) is 24.1 Å². The summed E-state index contributed by atoms with van der Waals surface area (Å²) in [4.78, 5) is 22.5. The van der Waals surface area contributed by atoms with E-state index in [1.807, 2.05) is 21.1 Å². The van der Waals surface area contributed by atoms with E-state index in [0.717, 1.165) is 51.4 Å². The number of carbonyl (C=O) groups excluding carboxylic acids is 1. The van der Waals surface area contributed by atoms with Gasteiger partial charge < -0.3 is 18.9 Å². The third-order valence-electron chi connectivity index (χ3n) is 7.47. The van der Waals surface area contributed by atoms with Crippen LogP contribution in [0.4, 0.5) is 0 Å². The minimum atomic E-state index is -4.26. The summed E-state index contributed by atoms with van der Waals surface area (Å²) in [6.07, 6.45) is 33.4. The maximum atomic E-state index is 12.5. The largest absolute Gasteiger partial charge is 0.472 e. The molecule has 0 rings (SSSR count). The van der Waals surface area contributed by atoms with E-state index in [9.17, 15) is 14.3 Å². The molecule has 2 unspecified atom stereocenters. The molecule has 0 saturated heterocycles. The maximum Gasteiger partial charge on any atom is 0.472 e. The van der Waals surface area contributed by atoms with Crippen LogP contribution >= 0.6 is 7.82 Å². The Hall–Kier alpha value is -1.28. The Bertz CT molecular complexity index is 838. The fraction of sp³-hybridized carbons (Fsp3) is 0.811. The van der Waals surface area contributed by atoms with Gasteiger partial charge in [0.05, 0.1) is 34.4 Å². The van der Waals surface area contributed by atoms with Crippen molar-refractivity contribution in [2.24, 2.45) is 0 Å². The number of carbonyl (C=O) groups is 1. The van der Waals surface area contributed by atoms with Crippen LogP contribution in [-0.4, -0.2) is 75.6 Å². The molecule has 0 saturated carbocycles. The van der Waals surface area contributed by atoms with Gasteiger partial charge in [0.2, 0.25) is 0 Å². The van der Waals surface area contributed by atoms with Crippen molar-refractivity contribution in [2.75, 3.05) is 54.1 Å². The molecule has 0 aliphatic heterocycles. The van der Waals surface area contributed by atoms with Crippen LogP contribution in [0.1, 0.15) is 136 Å². The number of ether oxygens (including phenoxy) is 2. The Balaban J connectivity index is 4.17. The fourth-order valence-corrected chi connectivity index (χ4v) is 5.37. The number of unbranched alkanes of at least 4 members (excludes halogenated alkanes) is 13. The van der Waals surface area contributed by atoms with Crippen LogP contribution in [-0.2, 0) is 27.9 Å². The Morgan fingerprint density at radius 2 is 1.26 bits per heavy atom. The van der Waals surface area contributed by atoms with Crippen LogP contribution in [0.5, 0.6) is 0 Å². The summed E-state index contributed by atoms with van der Waals surface area (Å²) >= 11 is 0. The molecule has 0 amide bonds. The van der Waals surface area contributed by atoms with Crippen molar-refractivity contribution >= 4 is 13.8 Å². The van der Waals surface area contributed by atoms with Gasteiger partial charge in [0.1, 0.15) is 19.3 Å². The molecule has 270 valence electrons. The Morgan fingerprint density at radius 3 is 1.89 bits per heavy atom. The van der Waals surface area contributed by atoms with Gasteiger partial charge in [-0.2, -0.15) is 0 Å². The molecule has 46 heavy (non-hydrogen) atoms. The van der Waals surface area contributed by atoms with Crippen molar-refractivity contribution < 1.29 is 37.3 Å². The monoisotopic (exact) mass is 672 g/mol. The van der Waals surface area contributed by atoms with E-state index >= 15 is 0 Å². The predicted molar refractivity (Wildman–Crippen MR) is 192 cm³/mol. The van der Waals surface area contributed by atoms with Crippen molar-refractivity contribution in [3.63, 3.8) is 0 Å². The molecule has 0 aromatic carbocycles. The molecule has 9 heteroatoms. The topological polar surface area (TPSA) is 91.3 Å². The zero-order valence-corrected chi connectivity index (χ0v) is 31.2. The number of rotatable bonds is 33. The first kappa shape index (κ1) is 44.7. The number of hydrogen-bond donors (Lipinski definition) is 1. The van der Waals surface area contributed by atoms with Crippen LogP contribution in [0.2, 0.25) is 0 Å². The summed E-state index contributed by atoms with van der Waals surface area (Å²) in [5, 5.41) is 0. The third-order valence-corrected chi connectivity index (χ3v) is 8.45. The van der Waals surface area contributed by atoms with Crippen LogP contribution in [0, 0.1) is 0 Å². The molecule has 8 nitrogen and oxygen atoms in total. The van der Waals surface area contributed by atoms with Crippen LogP contribution in [0.3, 0.4) is 0 Å². The first-order chi connectivity index (χ1) is 22.1. The number of esters is 1. The van der Waals surface area contributed by atoms with Crippen molar-refractivity contribution in [1.82, 2.24) is 0 Å². The van der Waals surface area contributed by atoms with Gasteiger partial charge in [-0.05, 0) is 44.9 Å². The quantitative estimate of drug-likeness (QED) is 0.0244. The minimum Gasteiger partial charge on any atom is -0.457 e. The summed E-state index contributed by atoms with van der Waals surface area (Å²) in [6.45, 7) is 5.42. The highest BCUT2D eigenvalue weighted by Crippen LogP contribution is 2.43. The number of likely N-dealkylation sites (N-methyl/N-ethyl adjacent to an activating group) is 1. The summed E-state index contributed by atoms with van der Waals surface area (Å²) in [7, 11) is 1.66. The number of quaternary nitrogens is 1. The summed E-state index contributed by atoms with van der Waals surface area (Å²) in [6, 6.07) is 0. The van der Waals surface area contributed by atoms with E-state index in [1.54, 1.807) is 0 Å². The third kappa shape index (κ3) is 34.1. The number of phosphoric ester groups is 1. The zero-order valence-electron chi connectivity index (χ0n) is 30.3. The van der Waals surface area contributed by atoms with Crippen LogP contribution in [0.15, 0.2) is 36.5 Å². The number of phosphoric acid groups is 1. The molecular formula is C37H71NO7P+. The number of nitrogens with zero attached hydrogens (tertiary/aromatic N) is 1. The second-order valence-corrected chi connectivity index (χ2v) is 14.7. The highest BCUT2D eigenvalue weighted by Gasteiger charge is 2.26. The Labute approximate surface area is 283 Å². The summed E-state index contributed by atoms with van der Waals surface area (Å²) < 4.78 is 34.6. The minimum absolute atomic E-state index is 0.0867. The average Bonchev–Trinajstić information content (AvgIpc) is 2.99. The number of hydrogen-bond acceptors (Lipinski definition) is 6. The van der Waals surface area contributed by atoms with Crippen molar-refractivity contribution in [2.45, 2.75) is 142 Å². The number of allylic oxidation sites excluding steroid dienone is 6. The standard InChI is InChI=1S/C37H70NO7P/c1-6-8-10-12-14-15-16-17-18-19-20-21-22-23-24-25-27-29-32-42-34-36(45-37(39)30-28-26-13-11-9-7-2)35-44-46(40,41)43-33-31-38(3,4)5/h8,10,14-15,17-18,36H,6-7,9,11-13,16,19-35H2,1-5H3/p+1/b10-8-,15-14-,18-17-. The van der Waals surface area contributed by atoms with Crippen molar-refractivity contribution in [3.8, 4) is 0 Å². The zero-order chi connectivity index (χ0) is 34.2. The van der Waals surface area contributed by atoms with E-state index in [2.05, 4.69) is 50.3 Å². The van der Waals surface area contributed by atoms with Crippen molar-refractivity contribution in [3.05, 3.63) is 36.5 Å². The molecule has 0 fully saturated rings. The molecule has 0 heterocycles. The lowest BCUT2D eigenvalue weighted by Crippen LogP contribution is -2.37. The highest BCUT2D eigenvalue weighted by atomic mass is 31.2. The molecule has 0 bridgehead atoms. The van der Waals surface area contributed by atoms with E-state index in [1.165, 1.54) is 64.2 Å². The maximum absolute atomic E-state index is 12.5. The fourth-order valence-electron chi connectivity index (χ4n) is 4.62. The van der Waals surface area contributed by atoms with Gasteiger partial charge in [0.25, 0.3) is 0 Å².